The molecule has 2 fully saturated rings. The fraction of sp³-hybridized carbons (Fsp3) is 0.286. The van der Waals surface area contributed by atoms with Gasteiger partial charge in [0, 0.05) is 32.7 Å². The Morgan fingerprint density at radius 2 is 1.69 bits per heavy atom. The number of anilines is 1. The average molecular weight is 485 g/mol. The zero-order chi connectivity index (χ0) is 24.5. The number of rotatable bonds is 6. The summed E-state index contributed by atoms with van der Waals surface area (Å²) in [6, 6.07) is 23.2. The predicted molar refractivity (Wildman–Crippen MR) is 136 cm³/mol. The first-order chi connectivity index (χ1) is 17.6. The number of benzene rings is 3. The molecule has 1 N–H and O–H groups in total. The van der Waals surface area contributed by atoms with E-state index < -0.39 is 0 Å². The molecular weight excluding hydrogens is 456 g/mol. The Bertz CT molecular complexity index is 1360. The van der Waals surface area contributed by atoms with Crippen LogP contribution in [0.1, 0.15) is 5.56 Å². The molecule has 36 heavy (non-hydrogen) atoms. The quantitative estimate of drug-likeness (QED) is 0.404. The number of carbonyl (C=O) groups is 1. The van der Waals surface area contributed by atoms with Gasteiger partial charge in [0.05, 0.1) is 12.5 Å². The van der Waals surface area contributed by atoms with Gasteiger partial charge in [0.25, 0.3) is 0 Å². The van der Waals surface area contributed by atoms with Crippen molar-refractivity contribution in [2.75, 3.05) is 38.6 Å². The zero-order valence-electron chi connectivity index (χ0n) is 20.1. The number of ether oxygens (including phenoxy) is 2. The van der Waals surface area contributed by atoms with Gasteiger partial charge in [0.1, 0.15) is 17.2 Å². The number of nitrogens with zero attached hydrogens (tertiary/aromatic N) is 3. The molecule has 8 heteroatoms. The molecule has 2 saturated heterocycles. The van der Waals surface area contributed by atoms with Gasteiger partial charge >= 0.3 is 6.03 Å². The first-order valence-electron chi connectivity index (χ1n) is 12.2. The molecule has 0 radical (unpaired) electrons. The first-order valence-corrected chi connectivity index (χ1v) is 12.2. The minimum atomic E-state index is -0.113. The Morgan fingerprint density at radius 1 is 0.944 bits per heavy atom. The summed E-state index contributed by atoms with van der Waals surface area (Å²) in [5.41, 5.74) is 1.88. The highest BCUT2D eigenvalue weighted by Gasteiger charge is 2.41. The van der Waals surface area contributed by atoms with Crippen molar-refractivity contribution in [2.24, 2.45) is 11.8 Å². The monoisotopic (exact) mass is 484 g/mol. The van der Waals surface area contributed by atoms with Gasteiger partial charge < -0.3 is 18.9 Å². The summed E-state index contributed by atoms with van der Waals surface area (Å²) in [4.78, 5) is 17.3. The third-order valence-corrected chi connectivity index (χ3v) is 7.05. The molecular formula is C28H28N4O4. The van der Waals surface area contributed by atoms with Gasteiger partial charge in [-0.05, 0) is 65.9 Å². The van der Waals surface area contributed by atoms with Gasteiger partial charge in [-0.3, -0.25) is 10.2 Å². The summed E-state index contributed by atoms with van der Waals surface area (Å²) in [6.07, 6.45) is 0. The molecule has 2 amide bonds. The van der Waals surface area contributed by atoms with Crippen LogP contribution >= 0.6 is 0 Å². The SMILES string of the molecule is COc1ccc(Oc2cccc(CN3C[C@@H]4CN(C(=O)Nc5noc6ccccc56)C[C@@H]4C3)c2)cc1. The maximum Gasteiger partial charge on any atom is 0.323 e. The molecule has 0 aliphatic carbocycles. The number of fused-ring (bicyclic) bond motifs is 2. The number of urea groups is 1. The number of carbonyl (C=O) groups excluding carboxylic acids is 1. The molecule has 3 heterocycles. The molecule has 2 aliphatic heterocycles. The van der Waals surface area contributed by atoms with Gasteiger partial charge in [-0.25, -0.2) is 4.79 Å². The lowest BCUT2D eigenvalue weighted by atomic mass is 10.0. The fourth-order valence-electron chi connectivity index (χ4n) is 5.29. The van der Waals surface area contributed by atoms with Crippen LogP contribution in [-0.4, -0.2) is 54.3 Å². The summed E-state index contributed by atoms with van der Waals surface area (Å²) in [7, 11) is 1.65. The van der Waals surface area contributed by atoms with E-state index in [4.69, 9.17) is 14.0 Å². The van der Waals surface area contributed by atoms with Crippen molar-refractivity contribution in [1.29, 1.82) is 0 Å². The summed E-state index contributed by atoms with van der Waals surface area (Å²) in [5.74, 6) is 3.83. The highest BCUT2D eigenvalue weighted by molar-refractivity contribution is 5.98. The summed E-state index contributed by atoms with van der Waals surface area (Å²) >= 11 is 0. The molecule has 0 bridgehead atoms. The smallest absolute Gasteiger partial charge is 0.323 e. The van der Waals surface area contributed by atoms with E-state index in [-0.39, 0.29) is 6.03 Å². The van der Waals surface area contributed by atoms with Crippen LogP contribution in [0.25, 0.3) is 11.0 Å². The van der Waals surface area contributed by atoms with E-state index in [1.54, 1.807) is 7.11 Å². The number of amides is 2. The lowest BCUT2D eigenvalue weighted by Crippen LogP contribution is -2.36. The number of nitrogens with one attached hydrogen (secondary N) is 1. The van der Waals surface area contributed by atoms with E-state index in [0.29, 0.717) is 23.2 Å². The lowest BCUT2D eigenvalue weighted by Gasteiger charge is -2.21. The number of hydrogen-bond donors (Lipinski definition) is 1. The largest absolute Gasteiger partial charge is 0.497 e. The second-order valence-electron chi connectivity index (χ2n) is 9.50. The molecule has 0 saturated carbocycles. The van der Waals surface area contributed by atoms with Crippen LogP contribution in [0.3, 0.4) is 0 Å². The third-order valence-electron chi connectivity index (χ3n) is 7.05. The number of para-hydroxylation sites is 1. The van der Waals surface area contributed by atoms with Crippen molar-refractivity contribution in [3.63, 3.8) is 0 Å². The molecule has 4 aromatic rings. The number of likely N-dealkylation sites (tertiary alicyclic amines) is 2. The molecule has 0 unspecified atom stereocenters. The van der Waals surface area contributed by atoms with Crippen molar-refractivity contribution in [2.45, 2.75) is 6.54 Å². The summed E-state index contributed by atoms with van der Waals surface area (Å²) < 4.78 is 16.5. The number of hydrogen-bond acceptors (Lipinski definition) is 6. The number of aromatic nitrogens is 1. The fourth-order valence-corrected chi connectivity index (χ4v) is 5.29. The second kappa shape index (κ2) is 9.54. The molecule has 8 nitrogen and oxygen atoms in total. The van der Waals surface area contributed by atoms with Crippen LogP contribution in [0, 0.1) is 11.8 Å². The maximum absolute atomic E-state index is 12.9. The Hall–Kier alpha value is -4.04. The standard InChI is InChI=1S/C28H28N4O4/c1-34-22-9-11-23(12-10-22)35-24-6-4-5-19(13-24)14-31-15-20-17-32(18-21(20)16-31)28(33)29-27-25-7-2-3-8-26(25)36-30-27/h2-13,20-21H,14-18H2,1H3,(H,29,30,33)/t20-,21+. The highest BCUT2D eigenvalue weighted by Crippen LogP contribution is 2.33. The van der Waals surface area contributed by atoms with E-state index in [9.17, 15) is 4.79 Å². The van der Waals surface area contributed by atoms with Gasteiger partial charge in [0.2, 0.25) is 0 Å². The molecule has 184 valence electrons. The van der Waals surface area contributed by atoms with E-state index >= 15 is 0 Å². The van der Waals surface area contributed by atoms with Gasteiger partial charge in [-0.1, -0.05) is 29.4 Å². The van der Waals surface area contributed by atoms with Crippen LogP contribution in [0.5, 0.6) is 17.2 Å². The molecule has 3 aromatic carbocycles. The molecule has 0 spiro atoms. The maximum atomic E-state index is 12.9. The average Bonchev–Trinajstić information content (AvgIpc) is 3.58. The minimum absolute atomic E-state index is 0.113. The van der Waals surface area contributed by atoms with Crippen LogP contribution in [0.4, 0.5) is 10.6 Å². The van der Waals surface area contributed by atoms with E-state index in [2.05, 4.69) is 27.5 Å². The predicted octanol–water partition coefficient (Wildman–Crippen LogP) is 5.22. The lowest BCUT2D eigenvalue weighted by molar-refractivity contribution is 0.211. The minimum Gasteiger partial charge on any atom is -0.497 e. The zero-order valence-corrected chi connectivity index (χ0v) is 20.1. The van der Waals surface area contributed by atoms with Crippen molar-refractivity contribution >= 4 is 22.8 Å². The van der Waals surface area contributed by atoms with Crippen molar-refractivity contribution in [1.82, 2.24) is 15.0 Å². The van der Waals surface area contributed by atoms with Crippen LogP contribution in [-0.2, 0) is 6.54 Å². The topological polar surface area (TPSA) is 80.1 Å². The first kappa shape index (κ1) is 22.4. The molecule has 1 aromatic heterocycles. The highest BCUT2D eigenvalue weighted by atomic mass is 16.5. The summed E-state index contributed by atoms with van der Waals surface area (Å²) in [6.45, 7) is 4.33. The Kier molecular flexibility index (Phi) is 5.95. The molecule has 2 aliphatic rings. The van der Waals surface area contributed by atoms with Gasteiger partial charge in [-0.2, -0.15) is 0 Å². The van der Waals surface area contributed by atoms with Crippen molar-refractivity contribution in [3.05, 3.63) is 78.4 Å². The molecule has 2 atom stereocenters. The Morgan fingerprint density at radius 3 is 2.47 bits per heavy atom. The third kappa shape index (κ3) is 4.59. The van der Waals surface area contributed by atoms with Crippen molar-refractivity contribution < 1.29 is 18.8 Å². The van der Waals surface area contributed by atoms with E-state index in [0.717, 1.165) is 55.4 Å². The van der Waals surface area contributed by atoms with E-state index in [1.165, 1.54) is 5.56 Å². The number of methoxy groups -OCH3 is 1. The Balaban J connectivity index is 1.03. The van der Waals surface area contributed by atoms with Crippen LogP contribution < -0.4 is 14.8 Å². The van der Waals surface area contributed by atoms with Gasteiger partial charge in [-0.15, -0.1) is 0 Å². The second-order valence-corrected chi connectivity index (χ2v) is 9.50. The Labute approximate surface area is 209 Å². The van der Waals surface area contributed by atoms with E-state index in [1.807, 2.05) is 65.6 Å². The van der Waals surface area contributed by atoms with Crippen LogP contribution in [0.15, 0.2) is 77.3 Å². The summed E-state index contributed by atoms with van der Waals surface area (Å²) in [5, 5.41) is 7.76. The van der Waals surface area contributed by atoms with Crippen molar-refractivity contribution in [3.8, 4) is 17.2 Å². The van der Waals surface area contributed by atoms with Crippen LogP contribution in [0.2, 0.25) is 0 Å². The molecule has 6 rings (SSSR count). The normalized spacial score (nSPS) is 19.4. The van der Waals surface area contributed by atoms with Gasteiger partial charge in [0.15, 0.2) is 11.4 Å².